The molecular formula is C23H14Cl3N5. The number of hydrogen-bond acceptors (Lipinski definition) is 4. The van der Waals surface area contributed by atoms with Crippen LogP contribution < -0.4 is 0 Å². The molecule has 0 fully saturated rings. The Morgan fingerprint density at radius 2 is 1.61 bits per heavy atom. The lowest BCUT2D eigenvalue weighted by molar-refractivity contribution is 0.840. The number of pyridine rings is 1. The second kappa shape index (κ2) is 8.27. The summed E-state index contributed by atoms with van der Waals surface area (Å²) in [4.78, 5) is 4.14. The van der Waals surface area contributed by atoms with Gasteiger partial charge in [0.2, 0.25) is 0 Å². The van der Waals surface area contributed by atoms with Crippen molar-refractivity contribution in [3.8, 4) is 22.4 Å². The first-order chi connectivity index (χ1) is 15.1. The number of rotatable bonds is 4. The van der Waals surface area contributed by atoms with Crippen molar-refractivity contribution in [2.75, 3.05) is 0 Å². The zero-order chi connectivity index (χ0) is 21.4. The van der Waals surface area contributed by atoms with E-state index in [0.29, 0.717) is 33.1 Å². The average molecular weight is 467 g/mol. The van der Waals surface area contributed by atoms with E-state index in [4.69, 9.17) is 39.9 Å². The van der Waals surface area contributed by atoms with E-state index in [1.54, 1.807) is 16.8 Å². The van der Waals surface area contributed by atoms with E-state index in [1.807, 2.05) is 60.7 Å². The highest BCUT2D eigenvalue weighted by Gasteiger charge is 2.17. The molecule has 0 saturated carbocycles. The van der Waals surface area contributed by atoms with Gasteiger partial charge in [0, 0.05) is 28.8 Å². The van der Waals surface area contributed by atoms with Gasteiger partial charge in [0.25, 0.3) is 0 Å². The fourth-order valence-corrected chi connectivity index (χ4v) is 3.84. The van der Waals surface area contributed by atoms with Crippen LogP contribution in [0, 0.1) is 0 Å². The first kappa shape index (κ1) is 19.9. The molecule has 2 aromatic carbocycles. The quantitative estimate of drug-likeness (QED) is 0.287. The largest absolute Gasteiger partial charge is 0.244 e. The Morgan fingerprint density at radius 1 is 0.806 bits per heavy atom. The van der Waals surface area contributed by atoms with Crippen molar-refractivity contribution in [2.24, 2.45) is 0 Å². The van der Waals surface area contributed by atoms with E-state index in [2.05, 4.69) is 15.2 Å². The van der Waals surface area contributed by atoms with Crippen molar-refractivity contribution in [2.45, 2.75) is 6.42 Å². The van der Waals surface area contributed by atoms with Gasteiger partial charge in [0.05, 0.1) is 5.02 Å². The lowest BCUT2D eigenvalue weighted by atomic mass is 10.00. The Bertz CT molecular complexity index is 1380. The zero-order valence-corrected chi connectivity index (χ0v) is 18.3. The molecule has 152 valence electrons. The smallest absolute Gasteiger partial charge is 0.178 e. The summed E-state index contributed by atoms with van der Waals surface area (Å²) in [6.45, 7) is 0. The van der Waals surface area contributed by atoms with Crippen molar-refractivity contribution in [1.82, 2.24) is 24.8 Å². The Balaban J connectivity index is 1.69. The lowest BCUT2D eigenvalue weighted by Gasteiger charge is -2.12. The van der Waals surface area contributed by atoms with E-state index in [9.17, 15) is 0 Å². The highest BCUT2D eigenvalue weighted by Crippen LogP contribution is 2.35. The molecule has 5 aromatic rings. The van der Waals surface area contributed by atoms with Crippen molar-refractivity contribution in [1.29, 1.82) is 0 Å². The fourth-order valence-electron chi connectivity index (χ4n) is 3.38. The number of fused-ring (bicyclic) bond motifs is 1. The molecule has 0 amide bonds. The van der Waals surface area contributed by atoms with Crippen molar-refractivity contribution in [3.05, 3.63) is 99.5 Å². The first-order valence-electron chi connectivity index (χ1n) is 9.45. The second-order valence-electron chi connectivity index (χ2n) is 6.95. The topological polar surface area (TPSA) is 56.0 Å². The van der Waals surface area contributed by atoms with Gasteiger partial charge in [0.1, 0.15) is 10.8 Å². The number of halogens is 3. The fraction of sp³-hybridized carbons (Fsp3) is 0.0435. The van der Waals surface area contributed by atoms with E-state index in [1.165, 1.54) is 0 Å². The Labute approximate surface area is 193 Å². The van der Waals surface area contributed by atoms with Crippen LogP contribution in [0.1, 0.15) is 11.4 Å². The van der Waals surface area contributed by atoms with Gasteiger partial charge in [-0.25, -0.2) is 4.98 Å². The van der Waals surface area contributed by atoms with E-state index in [0.717, 1.165) is 27.9 Å². The minimum absolute atomic E-state index is 0.446. The van der Waals surface area contributed by atoms with Gasteiger partial charge in [-0.3, -0.25) is 0 Å². The molecule has 3 heterocycles. The summed E-state index contributed by atoms with van der Waals surface area (Å²) >= 11 is 18.5. The van der Waals surface area contributed by atoms with Gasteiger partial charge in [-0.15, -0.1) is 10.2 Å². The Morgan fingerprint density at radius 3 is 2.35 bits per heavy atom. The molecule has 0 atom stereocenters. The minimum atomic E-state index is 0.446. The summed E-state index contributed by atoms with van der Waals surface area (Å²) < 4.78 is 1.74. The maximum absolute atomic E-state index is 6.53. The molecule has 31 heavy (non-hydrogen) atoms. The molecular weight excluding hydrogens is 453 g/mol. The van der Waals surface area contributed by atoms with E-state index < -0.39 is 0 Å². The summed E-state index contributed by atoms with van der Waals surface area (Å²) in [5.74, 6) is 0.690. The van der Waals surface area contributed by atoms with Gasteiger partial charge in [-0.2, -0.15) is 9.61 Å². The Hall–Kier alpha value is -2.99. The molecule has 0 aliphatic carbocycles. The summed E-state index contributed by atoms with van der Waals surface area (Å²) in [6, 6.07) is 20.8. The molecule has 0 saturated heterocycles. The van der Waals surface area contributed by atoms with E-state index >= 15 is 0 Å². The number of nitrogens with zero attached hydrogens (tertiary/aromatic N) is 5. The third kappa shape index (κ3) is 4.00. The highest BCUT2D eigenvalue weighted by atomic mass is 35.5. The maximum atomic E-state index is 6.53. The van der Waals surface area contributed by atoms with Crippen LogP contribution in [0.2, 0.25) is 15.2 Å². The van der Waals surface area contributed by atoms with Gasteiger partial charge < -0.3 is 0 Å². The SMILES string of the molecule is Clc1ccc(-c2cc3nnc(Cc4ccc(Cl)nc4)n3nc2-c2ccccc2Cl)cc1. The molecule has 5 rings (SSSR count). The predicted octanol–water partition coefficient (Wildman–Crippen LogP) is 6.40. The zero-order valence-electron chi connectivity index (χ0n) is 16.0. The van der Waals surface area contributed by atoms with Crippen LogP contribution in [0.15, 0.2) is 72.9 Å². The standard InChI is InChI=1S/C23H14Cl3N5/c24-16-8-6-15(7-9-16)18-12-22-29-28-21(11-14-5-10-20(26)27-13-14)31(22)30-23(18)17-3-1-2-4-19(17)25/h1-10,12-13H,11H2. The molecule has 0 aliphatic heterocycles. The monoisotopic (exact) mass is 465 g/mol. The second-order valence-corrected chi connectivity index (χ2v) is 8.18. The molecule has 0 aliphatic rings. The summed E-state index contributed by atoms with van der Waals surface area (Å²) in [5, 5.41) is 15.3. The summed E-state index contributed by atoms with van der Waals surface area (Å²) in [6.07, 6.45) is 2.24. The van der Waals surface area contributed by atoms with Crippen LogP contribution in [0.5, 0.6) is 0 Å². The van der Waals surface area contributed by atoms with Crippen molar-refractivity contribution >= 4 is 40.4 Å². The molecule has 0 spiro atoms. The summed E-state index contributed by atoms with van der Waals surface area (Å²) in [5.41, 5.74) is 5.00. The van der Waals surface area contributed by atoms with Crippen LogP contribution in [0.25, 0.3) is 28.0 Å². The minimum Gasteiger partial charge on any atom is -0.244 e. The summed E-state index contributed by atoms with van der Waals surface area (Å²) in [7, 11) is 0. The molecule has 0 radical (unpaired) electrons. The van der Waals surface area contributed by atoms with Crippen LogP contribution in [0.3, 0.4) is 0 Å². The Kier molecular flexibility index (Phi) is 5.32. The lowest BCUT2D eigenvalue weighted by Crippen LogP contribution is -2.03. The predicted molar refractivity (Wildman–Crippen MR) is 124 cm³/mol. The van der Waals surface area contributed by atoms with Gasteiger partial charge in [-0.05, 0) is 41.5 Å². The average Bonchev–Trinajstić information content (AvgIpc) is 3.17. The van der Waals surface area contributed by atoms with Crippen molar-refractivity contribution < 1.29 is 0 Å². The number of hydrogen-bond donors (Lipinski definition) is 0. The van der Waals surface area contributed by atoms with Gasteiger partial charge in [0.15, 0.2) is 11.5 Å². The highest BCUT2D eigenvalue weighted by molar-refractivity contribution is 6.33. The van der Waals surface area contributed by atoms with Gasteiger partial charge in [-0.1, -0.05) is 71.2 Å². The molecule has 3 aromatic heterocycles. The molecule has 5 nitrogen and oxygen atoms in total. The van der Waals surface area contributed by atoms with Crippen molar-refractivity contribution in [3.63, 3.8) is 0 Å². The van der Waals surface area contributed by atoms with Gasteiger partial charge >= 0.3 is 0 Å². The molecule has 0 N–H and O–H groups in total. The molecule has 0 bridgehead atoms. The molecule has 0 unspecified atom stereocenters. The van der Waals surface area contributed by atoms with E-state index in [-0.39, 0.29) is 0 Å². The normalized spacial score (nSPS) is 11.2. The third-order valence-electron chi connectivity index (χ3n) is 4.89. The number of benzene rings is 2. The maximum Gasteiger partial charge on any atom is 0.178 e. The third-order valence-corrected chi connectivity index (χ3v) is 5.70. The number of aromatic nitrogens is 5. The molecule has 8 heteroatoms. The van der Waals surface area contributed by atoms with Crippen LogP contribution in [-0.4, -0.2) is 24.8 Å². The van der Waals surface area contributed by atoms with Crippen LogP contribution in [-0.2, 0) is 6.42 Å². The van der Waals surface area contributed by atoms with Crippen LogP contribution in [0.4, 0.5) is 0 Å². The first-order valence-corrected chi connectivity index (χ1v) is 10.6. The van der Waals surface area contributed by atoms with Crippen LogP contribution >= 0.6 is 34.8 Å².